The number of fused-ring (bicyclic) bond motifs is 1. The van der Waals surface area contributed by atoms with Gasteiger partial charge in [0.1, 0.15) is 5.75 Å². The van der Waals surface area contributed by atoms with E-state index in [0.29, 0.717) is 43.9 Å². The molecule has 5 nitrogen and oxygen atoms in total. The number of ether oxygens (including phenoxy) is 1. The van der Waals surface area contributed by atoms with E-state index in [2.05, 4.69) is 11.4 Å². The Morgan fingerprint density at radius 3 is 2.43 bits per heavy atom. The third kappa shape index (κ3) is 5.17. The summed E-state index contributed by atoms with van der Waals surface area (Å²) < 4.78 is 5.51. The molecule has 0 atom stereocenters. The molecule has 0 radical (unpaired) electrons. The molecule has 0 fully saturated rings. The van der Waals surface area contributed by atoms with E-state index in [-0.39, 0.29) is 11.8 Å². The lowest BCUT2D eigenvalue weighted by atomic mass is 10.1. The number of nitrogens with one attached hydrogen (secondary N) is 1. The summed E-state index contributed by atoms with van der Waals surface area (Å²) in [6.07, 6.45) is 0.944. The zero-order valence-corrected chi connectivity index (χ0v) is 17.6. The van der Waals surface area contributed by atoms with Crippen LogP contribution in [-0.2, 0) is 4.79 Å². The van der Waals surface area contributed by atoms with E-state index in [1.165, 1.54) is 0 Å². The normalized spacial score (nSPS) is 10.6. The lowest BCUT2D eigenvalue weighted by Crippen LogP contribution is -2.32. The van der Waals surface area contributed by atoms with Gasteiger partial charge in [-0.05, 0) is 55.3 Å². The molecule has 3 aromatic carbocycles. The third-order valence-electron chi connectivity index (χ3n) is 4.95. The number of benzene rings is 3. The molecule has 0 aliphatic carbocycles. The Hall–Kier alpha value is -3.34. The molecule has 156 valence electrons. The Balaban J connectivity index is 1.54. The van der Waals surface area contributed by atoms with Crippen LogP contribution in [0.1, 0.15) is 37.0 Å². The van der Waals surface area contributed by atoms with Crippen LogP contribution < -0.4 is 15.0 Å². The number of anilines is 1. The van der Waals surface area contributed by atoms with Gasteiger partial charge in [0.25, 0.3) is 5.91 Å². The molecule has 1 N–H and O–H groups in total. The summed E-state index contributed by atoms with van der Waals surface area (Å²) in [5.74, 6) is 0.437. The molecule has 0 saturated carbocycles. The fourth-order valence-corrected chi connectivity index (χ4v) is 3.45. The van der Waals surface area contributed by atoms with E-state index in [4.69, 9.17) is 4.74 Å². The van der Waals surface area contributed by atoms with Crippen molar-refractivity contribution in [1.29, 1.82) is 0 Å². The van der Waals surface area contributed by atoms with Crippen LogP contribution in [0.4, 0.5) is 5.69 Å². The van der Waals surface area contributed by atoms with Gasteiger partial charge in [0.05, 0.1) is 12.2 Å². The second-order valence-corrected chi connectivity index (χ2v) is 6.96. The number of rotatable bonds is 9. The zero-order chi connectivity index (χ0) is 21.3. The molecule has 0 spiro atoms. The molecule has 3 aromatic rings. The van der Waals surface area contributed by atoms with E-state index < -0.39 is 0 Å². The molecule has 0 aliphatic heterocycles. The number of para-hydroxylation sites is 1. The monoisotopic (exact) mass is 404 g/mol. The molecule has 2 amide bonds. The first-order chi connectivity index (χ1) is 14.6. The van der Waals surface area contributed by atoms with E-state index in [0.717, 1.165) is 16.5 Å². The van der Waals surface area contributed by atoms with Gasteiger partial charge in [-0.1, -0.05) is 42.5 Å². The Morgan fingerprint density at radius 1 is 0.933 bits per heavy atom. The summed E-state index contributed by atoms with van der Waals surface area (Å²) in [6.45, 7) is 5.39. The largest absolute Gasteiger partial charge is 0.493 e. The summed E-state index contributed by atoms with van der Waals surface area (Å²) in [5, 5.41) is 5.15. The predicted molar refractivity (Wildman–Crippen MR) is 121 cm³/mol. The second kappa shape index (κ2) is 10.4. The Kier molecular flexibility index (Phi) is 7.44. The molecule has 5 heteroatoms. The van der Waals surface area contributed by atoms with Crippen LogP contribution in [0.25, 0.3) is 10.8 Å². The van der Waals surface area contributed by atoms with Crippen molar-refractivity contribution in [1.82, 2.24) is 5.32 Å². The van der Waals surface area contributed by atoms with Crippen LogP contribution in [0.3, 0.4) is 0 Å². The number of amides is 2. The molecule has 0 bridgehead atoms. The average Bonchev–Trinajstić information content (AvgIpc) is 2.77. The van der Waals surface area contributed by atoms with Gasteiger partial charge in [0, 0.05) is 25.2 Å². The molecule has 0 unspecified atom stereocenters. The second-order valence-electron chi connectivity index (χ2n) is 6.96. The number of carbonyl (C=O) groups is 2. The van der Waals surface area contributed by atoms with Crippen molar-refractivity contribution < 1.29 is 14.3 Å². The average molecular weight is 405 g/mol. The summed E-state index contributed by atoms with van der Waals surface area (Å²) in [4.78, 5) is 27.0. The first kappa shape index (κ1) is 21.4. The van der Waals surface area contributed by atoms with Crippen LogP contribution in [0, 0.1) is 0 Å². The SMILES string of the molecule is CCOc1ccccc1C(=O)NCCCC(=O)N(CC)c1ccc2ccccc2c1. The van der Waals surface area contributed by atoms with Gasteiger partial charge >= 0.3 is 0 Å². The topological polar surface area (TPSA) is 58.6 Å². The molecule has 0 aliphatic rings. The lowest BCUT2D eigenvalue weighted by Gasteiger charge is -2.21. The van der Waals surface area contributed by atoms with Crippen molar-refractivity contribution in [3.8, 4) is 5.75 Å². The van der Waals surface area contributed by atoms with Gasteiger partial charge in [0.15, 0.2) is 0 Å². The zero-order valence-electron chi connectivity index (χ0n) is 17.6. The quantitative estimate of drug-likeness (QED) is 0.521. The van der Waals surface area contributed by atoms with Crippen LogP contribution in [-0.4, -0.2) is 31.5 Å². The van der Waals surface area contributed by atoms with Gasteiger partial charge in [-0.3, -0.25) is 9.59 Å². The van der Waals surface area contributed by atoms with Crippen molar-refractivity contribution >= 4 is 28.3 Å². The van der Waals surface area contributed by atoms with Crippen LogP contribution in [0.2, 0.25) is 0 Å². The molecule has 0 heterocycles. The molecule has 3 rings (SSSR count). The van der Waals surface area contributed by atoms with Crippen LogP contribution >= 0.6 is 0 Å². The highest BCUT2D eigenvalue weighted by atomic mass is 16.5. The maximum Gasteiger partial charge on any atom is 0.255 e. The Bertz CT molecular complexity index is 1020. The van der Waals surface area contributed by atoms with Crippen molar-refractivity contribution in [3.63, 3.8) is 0 Å². The maximum absolute atomic E-state index is 12.8. The summed E-state index contributed by atoms with van der Waals surface area (Å²) in [7, 11) is 0. The molecule has 0 aromatic heterocycles. The minimum absolute atomic E-state index is 0.0525. The highest BCUT2D eigenvalue weighted by Gasteiger charge is 2.15. The van der Waals surface area contributed by atoms with Crippen molar-refractivity contribution in [3.05, 3.63) is 72.3 Å². The third-order valence-corrected chi connectivity index (χ3v) is 4.95. The van der Waals surface area contributed by atoms with E-state index in [1.54, 1.807) is 17.0 Å². The number of hydrogen-bond acceptors (Lipinski definition) is 3. The minimum atomic E-state index is -0.187. The summed E-state index contributed by atoms with van der Waals surface area (Å²) >= 11 is 0. The van der Waals surface area contributed by atoms with Gasteiger partial charge in [-0.15, -0.1) is 0 Å². The number of carbonyl (C=O) groups excluding carboxylic acids is 2. The highest BCUT2D eigenvalue weighted by Crippen LogP contribution is 2.23. The fraction of sp³-hybridized carbons (Fsp3) is 0.280. The van der Waals surface area contributed by atoms with E-state index in [9.17, 15) is 9.59 Å². The standard InChI is InChI=1S/C25H28N2O3/c1-3-27(21-16-15-19-10-5-6-11-20(19)18-21)24(28)14-9-17-26-25(29)22-12-7-8-13-23(22)30-4-2/h5-8,10-13,15-16,18H,3-4,9,14,17H2,1-2H3,(H,26,29). The molecule has 0 saturated heterocycles. The number of hydrogen-bond donors (Lipinski definition) is 1. The lowest BCUT2D eigenvalue weighted by molar-refractivity contribution is -0.118. The van der Waals surface area contributed by atoms with Gasteiger partial charge in [-0.25, -0.2) is 0 Å². The van der Waals surface area contributed by atoms with Gasteiger partial charge < -0.3 is 15.0 Å². The van der Waals surface area contributed by atoms with Crippen LogP contribution in [0.15, 0.2) is 66.7 Å². The Morgan fingerprint density at radius 2 is 1.67 bits per heavy atom. The summed E-state index contributed by atoms with van der Waals surface area (Å²) in [5.41, 5.74) is 1.41. The van der Waals surface area contributed by atoms with Crippen molar-refractivity contribution in [2.24, 2.45) is 0 Å². The minimum Gasteiger partial charge on any atom is -0.493 e. The molecular weight excluding hydrogens is 376 g/mol. The smallest absolute Gasteiger partial charge is 0.255 e. The van der Waals surface area contributed by atoms with Gasteiger partial charge in [-0.2, -0.15) is 0 Å². The van der Waals surface area contributed by atoms with E-state index >= 15 is 0 Å². The maximum atomic E-state index is 12.8. The first-order valence-corrected chi connectivity index (χ1v) is 10.4. The van der Waals surface area contributed by atoms with Crippen molar-refractivity contribution in [2.75, 3.05) is 24.6 Å². The van der Waals surface area contributed by atoms with E-state index in [1.807, 2.05) is 62.4 Å². The fourth-order valence-electron chi connectivity index (χ4n) is 3.45. The first-order valence-electron chi connectivity index (χ1n) is 10.4. The number of nitrogens with zero attached hydrogens (tertiary/aromatic N) is 1. The molecule has 30 heavy (non-hydrogen) atoms. The molecular formula is C25H28N2O3. The summed E-state index contributed by atoms with van der Waals surface area (Å²) in [6, 6.07) is 21.3. The van der Waals surface area contributed by atoms with Gasteiger partial charge in [0.2, 0.25) is 5.91 Å². The predicted octanol–water partition coefficient (Wildman–Crippen LogP) is 4.80. The van der Waals surface area contributed by atoms with Crippen molar-refractivity contribution in [2.45, 2.75) is 26.7 Å². The van der Waals surface area contributed by atoms with Crippen LogP contribution in [0.5, 0.6) is 5.75 Å². The Labute approximate surface area is 177 Å². The highest BCUT2D eigenvalue weighted by molar-refractivity contribution is 5.97.